The van der Waals surface area contributed by atoms with Crippen LogP contribution in [0.3, 0.4) is 0 Å². The third-order valence-corrected chi connectivity index (χ3v) is 4.30. The van der Waals surface area contributed by atoms with Crippen LogP contribution >= 0.6 is 0 Å². The molecule has 1 atom stereocenters. The van der Waals surface area contributed by atoms with Gasteiger partial charge in [-0.1, -0.05) is 18.2 Å². The van der Waals surface area contributed by atoms with E-state index in [0.717, 1.165) is 37.8 Å². The predicted octanol–water partition coefficient (Wildman–Crippen LogP) is 2.65. The van der Waals surface area contributed by atoms with Gasteiger partial charge in [-0.2, -0.15) is 0 Å². The second-order valence-electron chi connectivity index (χ2n) is 5.94. The van der Waals surface area contributed by atoms with Gasteiger partial charge in [0.2, 0.25) is 11.8 Å². The zero-order chi connectivity index (χ0) is 16.1. The van der Waals surface area contributed by atoms with Crippen molar-refractivity contribution >= 4 is 5.91 Å². The van der Waals surface area contributed by atoms with E-state index in [2.05, 4.69) is 4.98 Å². The summed E-state index contributed by atoms with van der Waals surface area (Å²) in [5.41, 5.74) is 1.58. The summed E-state index contributed by atoms with van der Waals surface area (Å²) in [7, 11) is 0. The summed E-state index contributed by atoms with van der Waals surface area (Å²) in [4.78, 5) is 18.9. The van der Waals surface area contributed by atoms with Crippen LogP contribution in [0.1, 0.15) is 31.4 Å². The molecule has 5 nitrogen and oxygen atoms in total. The Bertz CT molecular complexity index is 639. The Hall–Kier alpha value is -2.14. The molecular formula is C18H22N2O3. The standard InChI is InChI=1S/C18H22N2O3/c21-11-5-9-16-8-4-10-20(16)17(22)12-15-13-23-18(19-15)14-6-2-1-3-7-14/h1-3,6-7,13,16,21H,4-5,8-12H2. The highest BCUT2D eigenvalue weighted by Gasteiger charge is 2.28. The number of likely N-dealkylation sites (tertiary alicyclic amines) is 1. The fourth-order valence-corrected chi connectivity index (χ4v) is 3.15. The van der Waals surface area contributed by atoms with Gasteiger partial charge in [-0.05, 0) is 37.8 Å². The van der Waals surface area contributed by atoms with Crippen molar-refractivity contribution in [1.82, 2.24) is 9.88 Å². The molecule has 0 radical (unpaired) electrons. The number of amides is 1. The summed E-state index contributed by atoms with van der Waals surface area (Å²) in [5.74, 6) is 0.644. The fourth-order valence-electron chi connectivity index (χ4n) is 3.15. The molecule has 1 N–H and O–H groups in total. The summed E-state index contributed by atoms with van der Waals surface area (Å²) < 4.78 is 5.49. The van der Waals surface area contributed by atoms with Crippen molar-refractivity contribution in [2.75, 3.05) is 13.2 Å². The van der Waals surface area contributed by atoms with Crippen LogP contribution in [-0.4, -0.2) is 40.1 Å². The number of hydrogen-bond acceptors (Lipinski definition) is 4. The van der Waals surface area contributed by atoms with E-state index in [-0.39, 0.29) is 25.0 Å². The van der Waals surface area contributed by atoms with E-state index in [0.29, 0.717) is 11.6 Å². The molecule has 1 amide bonds. The number of rotatable bonds is 6. The lowest BCUT2D eigenvalue weighted by Gasteiger charge is -2.24. The maximum absolute atomic E-state index is 12.5. The second kappa shape index (κ2) is 7.42. The summed E-state index contributed by atoms with van der Waals surface area (Å²) in [6.07, 6.45) is 5.52. The smallest absolute Gasteiger partial charge is 0.228 e. The van der Waals surface area contributed by atoms with Crippen molar-refractivity contribution in [2.24, 2.45) is 0 Å². The van der Waals surface area contributed by atoms with Crippen LogP contribution in [0.2, 0.25) is 0 Å². The largest absolute Gasteiger partial charge is 0.444 e. The van der Waals surface area contributed by atoms with Crippen LogP contribution in [0.5, 0.6) is 0 Å². The van der Waals surface area contributed by atoms with Crippen molar-refractivity contribution in [3.05, 3.63) is 42.3 Å². The molecule has 1 aromatic heterocycles. The monoisotopic (exact) mass is 314 g/mol. The number of aliphatic hydroxyl groups is 1. The topological polar surface area (TPSA) is 66.6 Å². The first kappa shape index (κ1) is 15.7. The number of carbonyl (C=O) groups is 1. The van der Waals surface area contributed by atoms with Crippen molar-refractivity contribution < 1.29 is 14.3 Å². The van der Waals surface area contributed by atoms with E-state index in [1.165, 1.54) is 0 Å². The highest BCUT2D eigenvalue weighted by atomic mass is 16.3. The Labute approximate surface area is 135 Å². The maximum atomic E-state index is 12.5. The molecule has 1 fully saturated rings. The Kier molecular flexibility index (Phi) is 5.08. The van der Waals surface area contributed by atoms with E-state index < -0.39 is 0 Å². The van der Waals surface area contributed by atoms with Gasteiger partial charge in [-0.25, -0.2) is 4.98 Å². The van der Waals surface area contributed by atoms with Crippen LogP contribution in [0, 0.1) is 0 Å². The van der Waals surface area contributed by atoms with Gasteiger partial charge in [-0.15, -0.1) is 0 Å². The lowest BCUT2D eigenvalue weighted by molar-refractivity contribution is -0.131. The van der Waals surface area contributed by atoms with Crippen LogP contribution in [-0.2, 0) is 11.2 Å². The molecule has 1 saturated heterocycles. The average Bonchev–Trinajstić information content (AvgIpc) is 3.23. The van der Waals surface area contributed by atoms with E-state index in [1.807, 2.05) is 35.2 Å². The molecular weight excluding hydrogens is 292 g/mol. The molecule has 3 rings (SSSR count). The molecule has 5 heteroatoms. The number of benzene rings is 1. The number of hydrogen-bond donors (Lipinski definition) is 1. The van der Waals surface area contributed by atoms with Gasteiger partial charge in [0.25, 0.3) is 0 Å². The minimum absolute atomic E-state index is 0.0957. The molecule has 2 heterocycles. The average molecular weight is 314 g/mol. The summed E-state index contributed by atoms with van der Waals surface area (Å²) >= 11 is 0. The van der Waals surface area contributed by atoms with Gasteiger partial charge in [0.15, 0.2) is 0 Å². The van der Waals surface area contributed by atoms with Gasteiger partial charge in [0.1, 0.15) is 6.26 Å². The first-order valence-corrected chi connectivity index (χ1v) is 8.18. The second-order valence-corrected chi connectivity index (χ2v) is 5.94. The highest BCUT2D eigenvalue weighted by Crippen LogP contribution is 2.23. The molecule has 1 aromatic carbocycles. The van der Waals surface area contributed by atoms with Gasteiger partial charge in [0, 0.05) is 24.8 Å². The molecule has 122 valence electrons. The predicted molar refractivity (Wildman–Crippen MR) is 86.7 cm³/mol. The number of nitrogens with zero attached hydrogens (tertiary/aromatic N) is 2. The molecule has 1 unspecified atom stereocenters. The lowest BCUT2D eigenvalue weighted by Crippen LogP contribution is -2.36. The quantitative estimate of drug-likeness (QED) is 0.890. The molecule has 0 spiro atoms. The SMILES string of the molecule is O=C(Cc1coc(-c2ccccc2)n1)N1CCCC1CCCO. The number of oxazole rings is 1. The van der Waals surface area contributed by atoms with Crippen molar-refractivity contribution in [3.63, 3.8) is 0 Å². The summed E-state index contributed by atoms with van der Waals surface area (Å²) in [5, 5.41) is 8.97. The molecule has 0 aliphatic carbocycles. The number of aromatic nitrogens is 1. The van der Waals surface area contributed by atoms with E-state index in [4.69, 9.17) is 9.52 Å². The van der Waals surface area contributed by atoms with Crippen molar-refractivity contribution in [3.8, 4) is 11.5 Å². The van der Waals surface area contributed by atoms with Crippen LogP contribution in [0.15, 0.2) is 41.0 Å². The molecule has 2 aromatic rings. The van der Waals surface area contributed by atoms with Gasteiger partial charge in [-0.3, -0.25) is 4.79 Å². The van der Waals surface area contributed by atoms with E-state index >= 15 is 0 Å². The number of aliphatic hydroxyl groups excluding tert-OH is 1. The minimum atomic E-state index is 0.0957. The zero-order valence-electron chi connectivity index (χ0n) is 13.1. The molecule has 1 aliphatic rings. The first-order chi connectivity index (χ1) is 11.3. The summed E-state index contributed by atoms with van der Waals surface area (Å²) in [6.45, 7) is 0.987. The first-order valence-electron chi connectivity index (χ1n) is 8.18. The maximum Gasteiger partial charge on any atom is 0.228 e. The Balaban J connectivity index is 1.63. The zero-order valence-corrected chi connectivity index (χ0v) is 13.1. The third-order valence-electron chi connectivity index (χ3n) is 4.30. The van der Waals surface area contributed by atoms with Crippen LogP contribution < -0.4 is 0 Å². The Morgan fingerprint density at radius 2 is 2.17 bits per heavy atom. The molecule has 23 heavy (non-hydrogen) atoms. The van der Waals surface area contributed by atoms with E-state index in [1.54, 1.807) is 6.26 Å². The third kappa shape index (κ3) is 3.79. The Morgan fingerprint density at radius 1 is 1.35 bits per heavy atom. The van der Waals surface area contributed by atoms with Crippen molar-refractivity contribution in [1.29, 1.82) is 0 Å². The highest BCUT2D eigenvalue weighted by molar-refractivity contribution is 5.79. The van der Waals surface area contributed by atoms with E-state index in [9.17, 15) is 4.79 Å². The minimum Gasteiger partial charge on any atom is -0.444 e. The van der Waals surface area contributed by atoms with Gasteiger partial charge < -0.3 is 14.4 Å². The van der Waals surface area contributed by atoms with Crippen molar-refractivity contribution in [2.45, 2.75) is 38.1 Å². The molecule has 0 saturated carbocycles. The lowest BCUT2D eigenvalue weighted by atomic mass is 10.1. The summed E-state index contributed by atoms with van der Waals surface area (Å²) in [6, 6.07) is 9.93. The van der Waals surface area contributed by atoms with Gasteiger partial charge >= 0.3 is 0 Å². The van der Waals surface area contributed by atoms with Gasteiger partial charge in [0.05, 0.1) is 12.1 Å². The molecule has 0 bridgehead atoms. The Morgan fingerprint density at radius 3 is 2.96 bits per heavy atom. The number of carbonyl (C=O) groups excluding carboxylic acids is 1. The molecule has 1 aliphatic heterocycles. The normalized spacial score (nSPS) is 17.6. The fraction of sp³-hybridized carbons (Fsp3) is 0.444. The van der Waals surface area contributed by atoms with Crippen LogP contribution in [0.4, 0.5) is 0 Å². The van der Waals surface area contributed by atoms with Crippen LogP contribution in [0.25, 0.3) is 11.5 Å².